The molecule has 6 heteroatoms. The van der Waals surface area contributed by atoms with Crippen LogP contribution in [0.4, 0.5) is 0 Å². The van der Waals surface area contributed by atoms with Crippen LogP contribution in [0.1, 0.15) is 57.3 Å². The minimum Gasteiger partial charge on any atom is -0.346 e. The number of nitrogens with one attached hydrogen (secondary N) is 3. The molecule has 0 aliphatic heterocycles. The number of hydrogen-bond donors (Lipinski definition) is 3. The number of carbonyl (C=O) groups excluding carboxylic acids is 1. The van der Waals surface area contributed by atoms with Crippen molar-refractivity contribution in [2.75, 3.05) is 0 Å². The number of carbonyl (C=O) groups is 1. The molecular formula is C12H20N4O2. The molecule has 0 radical (unpaired) electrons. The zero-order valence-corrected chi connectivity index (χ0v) is 10.7. The van der Waals surface area contributed by atoms with Crippen LogP contribution in [0.25, 0.3) is 0 Å². The Labute approximate surface area is 106 Å². The van der Waals surface area contributed by atoms with E-state index < -0.39 is 0 Å². The fraction of sp³-hybridized carbons (Fsp3) is 0.750. The number of amides is 1. The third kappa shape index (κ3) is 3.21. The largest absolute Gasteiger partial charge is 0.346 e. The lowest BCUT2D eigenvalue weighted by atomic mass is 9.99. The number of H-pyrrole nitrogens is 2. The van der Waals surface area contributed by atoms with Gasteiger partial charge in [0, 0.05) is 5.92 Å². The Morgan fingerprint density at radius 2 is 2.00 bits per heavy atom. The van der Waals surface area contributed by atoms with Gasteiger partial charge in [-0.2, -0.15) is 5.10 Å². The van der Waals surface area contributed by atoms with Crippen LogP contribution in [0.3, 0.4) is 0 Å². The molecule has 0 spiro atoms. The summed E-state index contributed by atoms with van der Waals surface area (Å²) in [6.07, 6.45) is 6.65. The second-order valence-corrected chi connectivity index (χ2v) is 4.98. The topological polar surface area (TPSA) is 90.6 Å². The van der Waals surface area contributed by atoms with E-state index in [1.807, 2.05) is 6.92 Å². The average molecular weight is 252 g/mol. The molecule has 100 valence electrons. The van der Waals surface area contributed by atoms with Crippen molar-refractivity contribution in [3.05, 3.63) is 16.3 Å². The summed E-state index contributed by atoms with van der Waals surface area (Å²) >= 11 is 0. The normalized spacial score (nSPS) is 19.2. The lowest BCUT2D eigenvalue weighted by Gasteiger charge is -2.17. The number of aromatic amines is 2. The number of rotatable bonds is 3. The van der Waals surface area contributed by atoms with Gasteiger partial charge in [-0.1, -0.05) is 25.7 Å². The first kappa shape index (κ1) is 12.9. The van der Waals surface area contributed by atoms with E-state index >= 15 is 0 Å². The molecule has 3 N–H and O–H groups in total. The zero-order chi connectivity index (χ0) is 13.0. The van der Waals surface area contributed by atoms with Crippen molar-refractivity contribution >= 4 is 5.91 Å². The summed E-state index contributed by atoms with van der Waals surface area (Å²) in [6, 6.07) is -0.264. The van der Waals surface area contributed by atoms with Gasteiger partial charge in [0.1, 0.15) is 0 Å². The first-order chi connectivity index (χ1) is 8.66. The molecule has 0 bridgehead atoms. The van der Waals surface area contributed by atoms with E-state index in [0.717, 1.165) is 25.7 Å². The summed E-state index contributed by atoms with van der Waals surface area (Å²) in [5, 5.41) is 9.04. The van der Waals surface area contributed by atoms with Crippen LogP contribution in [0.5, 0.6) is 0 Å². The molecule has 1 amide bonds. The van der Waals surface area contributed by atoms with Crippen LogP contribution in [0.2, 0.25) is 0 Å². The molecule has 1 heterocycles. The summed E-state index contributed by atoms with van der Waals surface area (Å²) in [6.45, 7) is 1.82. The summed E-state index contributed by atoms with van der Waals surface area (Å²) in [5.74, 6) is 0.663. The van der Waals surface area contributed by atoms with E-state index in [-0.39, 0.29) is 23.6 Å². The van der Waals surface area contributed by atoms with Crippen molar-refractivity contribution in [2.45, 2.75) is 51.5 Å². The van der Waals surface area contributed by atoms with Gasteiger partial charge < -0.3 is 5.32 Å². The molecule has 1 saturated carbocycles. The number of hydrogen-bond acceptors (Lipinski definition) is 3. The molecule has 1 unspecified atom stereocenters. The molecule has 0 saturated heterocycles. The Bertz CT molecular complexity index is 443. The van der Waals surface area contributed by atoms with Crippen molar-refractivity contribution in [3.8, 4) is 0 Å². The maximum Gasteiger partial charge on any atom is 0.340 e. The Kier molecular flexibility index (Phi) is 4.17. The van der Waals surface area contributed by atoms with Crippen LogP contribution in [0.15, 0.2) is 4.79 Å². The van der Waals surface area contributed by atoms with Crippen LogP contribution >= 0.6 is 0 Å². The predicted octanol–water partition coefficient (Wildman–Crippen LogP) is 1.25. The van der Waals surface area contributed by atoms with Gasteiger partial charge >= 0.3 is 5.69 Å². The molecule has 1 aliphatic carbocycles. The van der Waals surface area contributed by atoms with E-state index in [1.165, 1.54) is 12.8 Å². The molecule has 18 heavy (non-hydrogen) atoms. The van der Waals surface area contributed by atoms with Crippen LogP contribution in [-0.4, -0.2) is 21.1 Å². The van der Waals surface area contributed by atoms with E-state index in [2.05, 4.69) is 20.5 Å². The van der Waals surface area contributed by atoms with Gasteiger partial charge in [-0.25, -0.2) is 9.89 Å². The first-order valence-corrected chi connectivity index (χ1v) is 6.62. The average Bonchev–Trinajstić information content (AvgIpc) is 2.63. The fourth-order valence-corrected chi connectivity index (χ4v) is 2.43. The van der Waals surface area contributed by atoms with Gasteiger partial charge in [-0.15, -0.1) is 0 Å². The minimum atomic E-state index is -0.347. The highest BCUT2D eigenvalue weighted by Crippen LogP contribution is 2.23. The van der Waals surface area contributed by atoms with E-state index in [1.54, 1.807) is 0 Å². The van der Waals surface area contributed by atoms with E-state index in [9.17, 15) is 9.59 Å². The maximum absolute atomic E-state index is 12.1. The molecule has 1 aliphatic rings. The van der Waals surface area contributed by atoms with Gasteiger partial charge in [-0.3, -0.25) is 9.78 Å². The number of aromatic nitrogens is 3. The monoisotopic (exact) mass is 252 g/mol. The fourth-order valence-electron chi connectivity index (χ4n) is 2.43. The van der Waals surface area contributed by atoms with E-state index in [4.69, 9.17) is 0 Å². The molecule has 0 aromatic carbocycles. The molecule has 1 atom stereocenters. The van der Waals surface area contributed by atoms with Crippen LogP contribution < -0.4 is 11.0 Å². The molecule has 2 rings (SSSR count). The Hall–Kier alpha value is -1.59. The van der Waals surface area contributed by atoms with Gasteiger partial charge in [0.25, 0.3) is 0 Å². The minimum absolute atomic E-state index is 0.0771. The van der Waals surface area contributed by atoms with Crippen molar-refractivity contribution in [1.82, 2.24) is 20.5 Å². The Morgan fingerprint density at radius 3 is 2.56 bits per heavy atom. The lowest BCUT2D eigenvalue weighted by Crippen LogP contribution is -2.33. The highest BCUT2D eigenvalue weighted by atomic mass is 16.2. The Morgan fingerprint density at radius 1 is 1.33 bits per heavy atom. The lowest BCUT2D eigenvalue weighted by molar-refractivity contribution is -0.126. The molecule has 1 fully saturated rings. The second kappa shape index (κ2) is 5.84. The quantitative estimate of drug-likeness (QED) is 0.707. The second-order valence-electron chi connectivity index (χ2n) is 4.98. The molecule has 1 aromatic heterocycles. The first-order valence-electron chi connectivity index (χ1n) is 6.62. The summed E-state index contributed by atoms with van der Waals surface area (Å²) in [7, 11) is 0. The van der Waals surface area contributed by atoms with E-state index in [0.29, 0.717) is 5.82 Å². The van der Waals surface area contributed by atoms with Crippen molar-refractivity contribution < 1.29 is 4.79 Å². The van der Waals surface area contributed by atoms with Crippen molar-refractivity contribution in [3.63, 3.8) is 0 Å². The van der Waals surface area contributed by atoms with Gasteiger partial charge in [-0.05, 0) is 19.8 Å². The summed E-state index contributed by atoms with van der Waals surface area (Å²) < 4.78 is 0. The van der Waals surface area contributed by atoms with Crippen molar-refractivity contribution in [1.29, 1.82) is 0 Å². The predicted molar refractivity (Wildman–Crippen MR) is 67.0 cm³/mol. The van der Waals surface area contributed by atoms with Crippen LogP contribution in [-0.2, 0) is 4.79 Å². The standard InChI is InChI=1S/C12H20N4O2/c1-8(10-14-12(18)16-15-10)13-11(17)9-6-4-2-3-5-7-9/h8-9H,2-7H2,1H3,(H,13,17)(H2,14,15,16,18). The van der Waals surface area contributed by atoms with Gasteiger partial charge in [0.05, 0.1) is 6.04 Å². The highest BCUT2D eigenvalue weighted by molar-refractivity contribution is 5.78. The number of nitrogens with zero attached hydrogens (tertiary/aromatic N) is 1. The molecule has 6 nitrogen and oxygen atoms in total. The highest BCUT2D eigenvalue weighted by Gasteiger charge is 2.22. The third-order valence-electron chi connectivity index (χ3n) is 3.51. The SMILES string of the molecule is CC(NC(=O)C1CCCCCC1)c1n[nH]c(=O)[nH]1. The Balaban J connectivity index is 1.91. The maximum atomic E-state index is 12.1. The molecular weight excluding hydrogens is 232 g/mol. The summed E-state index contributed by atoms with van der Waals surface area (Å²) in [4.78, 5) is 25.6. The molecule has 1 aromatic rings. The van der Waals surface area contributed by atoms with Crippen LogP contribution in [0, 0.1) is 5.92 Å². The van der Waals surface area contributed by atoms with Gasteiger partial charge in [0.15, 0.2) is 5.82 Å². The smallest absolute Gasteiger partial charge is 0.340 e. The van der Waals surface area contributed by atoms with Gasteiger partial charge in [0.2, 0.25) is 5.91 Å². The third-order valence-corrected chi connectivity index (χ3v) is 3.51. The zero-order valence-electron chi connectivity index (χ0n) is 10.7. The summed E-state index contributed by atoms with van der Waals surface area (Å²) in [5.41, 5.74) is -0.347. The van der Waals surface area contributed by atoms with Crippen molar-refractivity contribution in [2.24, 2.45) is 5.92 Å².